The van der Waals surface area contributed by atoms with E-state index in [0.717, 1.165) is 0 Å². The monoisotopic (exact) mass is 418 g/mol. The maximum Gasteiger partial charge on any atom is 0.226 e. The van der Waals surface area contributed by atoms with E-state index in [4.69, 9.17) is 9.47 Å². The molecule has 170 valence electrons. The molecule has 0 saturated carbocycles. The van der Waals surface area contributed by atoms with Gasteiger partial charge in [0, 0.05) is 17.9 Å². The summed E-state index contributed by atoms with van der Waals surface area (Å²) in [6.45, 7) is 13.6. The molecule has 9 heteroatoms. The third-order valence-electron chi connectivity index (χ3n) is 4.66. The number of amides is 2. The summed E-state index contributed by atoms with van der Waals surface area (Å²) in [4.78, 5) is 24.3. The standard InChI is InChI=1S/C20H38N2O7/c1-11(24)21-13-15(26)14(25)12(9-23)28-16(13)29-20(7,8)10-19(5,6)17(27)22-18(2,3)4/h12-16,23,25-26H,9-10H2,1-8H3,(H,21,24)(H,22,27). The lowest BCUT2D eigenvalue weighted by molar-refractivity contribution is -0.298. The zero-order valence-electron chi connectivity index (χ0n) is 18.8. The van der Waals surface area contributed by atoms with Crippen LogP contribution in [0.3, 0.4) is 0 Å². The third-order valence-corrected chi connectivity index (χ3v) is 4.66. The van der Waals surface area contributed by atoms with Crippen molar-refractivity contribution in [2.45, 2.75) is 104 Å². The van der Waals surface area contributed by atoms with Crippen LogP contribution in [-0.4, -0.2) is 75.5 Å². The van der Waals surface area contributed by atoms with Gasteiger partial charge in [0.2, 0.25) is 11.8 Å². The van der Waals surface area contributed by atoms with E-state index in [-0.39, 0.29) is 11.4 Å². The molecule has 2 amide bonds. The summed E-state index contributed by atoms with van der Waals surface area (Å²) in [5, 5.41) is 35.4. The number of hydrogen-bond acceptors (Lipinski definition) is 7. The van der Waals surface area contributed by atoms with Crippen LogP contribution < -0.4 is 10.6 Å². The molecule has 9 nitrogen and oxygen atoms in total. The van der Waals surface area contributed by atoms with Gasteiger partial charge >= 0.3 is 0 Å². The molecule has 1 saturated heterocycles. The van der Waals surface area contributed by atoms with E-state index < -0.39 is 54.2 Å². The van der Waals surface area contributed by atoms with Gasteiger partial charge in [-0.25, -0.2) is 0 Å². The summed E-state index contributed by atoms with van der Waals surface area (Å²) < 4.78 is 11.7. The van der Waals surface area contributed by atoms with Crippen molar-refractivity contribution < 1.29 is 34.4 Å². The van der Waals surface area contributed by atoms with E-state index in [2.05, 4.69) is 10.6 Å². The van der Waals surface area contributed by atoms with Gasteiger partial charge in [-0.3, -0.25) is 9.59 Å². The highest BCUT2D eigenvalue weighted by molar-refractivity contribution is 5.82. The summed E-state index contributed by atoms with van der Waals surface area (Å²) >= 11 is 0. The topological polar surface area (TPSA) is 137 Å². The van der Waals surface area contributed by atoms with Gasteiger partial charge < -0.3 is 35.4 Å². The maximum absolute atomic E-state index is 12.7. The Morgan fingerprint density at radius 2 is 1.59 bits per heavy atom. The number of carbonyl (C=O) groups is 2. The summed E-state index contributed by atoms with van der Waals surface area (Å²) in [6, 6.07) is -1.03. The molecule has 1 rings (SSSR count). The molecule has 1 aliphatic rings. The number of carbonyl (C=O) groups excluding carboxylic acids is 2. The largest absolute Gasteiger partial charge is 0.394 e. The lowest BCUT2D eigenvalue weighted by Crippen LogP contribution is -2.65. The Morgan fingerprint density at radius 1 is 1.03 bits per heavy atom. The molecule has 0 aromatic rings. The zero-order chi connectivity index (χ0) is 22.8. The van der Waals surface area contributed by atoms with E-state index in [1.165, 1.54) is 6.92 Å². The van der Waals surface area contributed by atoms with Crippen LogP contribution in [0.2, 0.25) is 0 Å². The third kappa shape index (κ3) is 7.49. The number of hydrogen-bond donors (Lipinski definition) is 5. The summed E-state index contributed by atoms with van der Waals surface area (Å²) in [5.74, 6) is -0.558. The minimum Gasteiger partial charge on any atom is -0.394 e. The number of aliphatic hydroxyl groups excluding tert-OH is 3. The molecule has 1 heterocycles. The summed E-state index contributed by atoms with van der Waals surface area (Å²) in [6.07, 6.45) is -4.63. The summed E-state index contributed by atoms with van der Waals surface area (Å²) in [7, 11) is 0. The predicted octanol–water partition coefficient (Wildman–Crippen LogP) is 0.0563. The molecule has 0 aromatic carbocycles. The Kier molecular flexibility index (Phi) is 8.23. The Bertz CT molecular complexity index is 586. The molecule has 1 fully saturated rings. The highest BCUT2D eigenvalue weighted by Crippen LogP contribution is 2.34. The van der Waals surface area contributed by atoms with Crippen LogP contribution in [0.5, 0.6) is 0 Å². The minimum atomic E-state index is -1.39. The van der Waals surface area contributed by atoms with Gasteiger partial charge in [-0.05, 0) is 41.0 Å². The number of aliphatic hydroxyl groups is 3. The fourth-order valence-electron chi connectivity index (χ4n) is 3.58. The first-order chi connectivity index (χ1) is 13.0. The van der Waals surface area contributed by atoms with Gasteiger partial charge in [0.05, 0.1) is 12.2 Å². The molecule has 0 aromatic heterocycles. The van der Waals surface area contributed by atoms with E-state index >= 15 is 0 Å². The Labute approximate surface area is 173 Å². The van der Waals surface area contributed by atoms with Crippen LogP contribution >= 0.6 is 0 Å². The quantitative estimate of drug-likeness (QED) is 0.394. The minimum absolute atomic E-state index is 0.131. The smallest absolute Gasteiger partial charge is 0.226 e. The Hall–Kier alpha value is -1.26. The average Bonchev–Trinajstić information content (AvgIpc) is 2.51. The molecular formula is C20H38N2O7. The second-order valence-electron chi connectivity index (χ2n) is 10.1. The van der Waals surface area contributed by atoms with Gasteiger partial charge in [-0.2, -0.15) is 0 Å². The van der Waals surface area contributed by atoms with Gasteiger partial charge in [0.25, 0.3) is 0 Å². The van der Waals surface area contributed by atoms with Crippen LogP contribution in [0.25, 0.3) is 0 Å². The van der Waals surface area contributed by atoms with E-state index in [0.29, 0.717) is 6.42 Å². The molecule has 5 N–H and O–H groups in total. The van der Waals surface area contributed by atoms with Crippen LogP contribution in [0.4, 0.5) is 0 Å². The first-order valence-electron chi connectivity index (χ1n) is 9.89. The lowest BCUT2D eigenvalue weighted by atomic mass is 9.80. The van der Waals surface area contributed by atoms with Gasteiger partial charge in [0.1, 0.15) is 24.4 Å². The van der Waals surface area contributed by atoms with E-state index in [9.17, 15) is 24.9 Å². The predicted molar refractivity (Wildman–Crippen MR) is 107 cm³/mol. The van der Waals surface area contributed by atoms with Crippen LogP contribution in [0, 0.1) is 5.41 Å². The second-order valence-corrected chi connectivity index (χ2v) is 10.1. The average molecular weight is 419 g/mol. The highest BCUT2D eigenvalue weighted by Gasteiger charge is 2.48. The first kappa shape index (κ1) is 25.8. The van der Waals surface area contributed by atoms with Crippen LogP contribution in [-0.2, 0) is 19.1 Å². The summed E-state index contributed by atoms with van der Waals surface area (Å²) in [5.41, 5.74) is -2.04. The van der Waals surface area contributed by atoms with Crippen LogP contribution in [0.1, 0.15) is 61.8 Å². The van der Waals surface area contributed by atoms with Crippen molar-refractivity contribution in [2.75, 3.05) is 6.61 Å². The molecule has 29 heavy (non-hydrogen) atoms. The van der Waals surface area contributed by atoms with Crippen molar-refractivity contribution in [3.63, 3.8) is 0 Å². The second kappa shape index (κ2) is 9.26. The van der Waals surface area contributed by atoms with E-state index in [1.807, 2.05) is 20.8 Å². The fraction of sp³-hybridized carbons (Fsp3) is 0.900. The molecule has 5 unspecified atom stereocenters. The van der Waals surface area contributed by atoms with Crippen molar-refractivity contribution in [2.24, 2.45) is 5.41 Å². The highest BCUT2D eigenvalue weighted by atomic mass is 16.7. The number of ether oxygens (including phenoxy) is 2. The Morgan fingerprint density at radius 3 is 2.03 bits per heavy atom. The fourth-order valence-corrected chi connectivity index (χ4v) is 3.58. The molecular weight excluding hydrogens is 380 g/mol. The molecule has 0 aliphatic carbocycles. The molecule has 1 aliphatic heterocycles. The molecule has 0 bridgehead atoms. The van der Waals surface area contributed by atoms with Crippen molar-refractivity contribution in [1.82, 2.24) is 10.6 Å². The van der Waals surface area contributed by atoms with Crippen molar-refractivity contribution in [3.05, 3.63) is 0 Å². The van der Waals surface area contributed by atoms with Gasteiger partial charge in [-0.1, -0.05) is 13.8 Å². The lowest BCUT2D eigenvalue weighted by Gasteiger charge is -2.45. The Balaban J connectivity index is 2.99. The van der Waals surface area contributed by atoms with Gasteiger partial charge in [-0.15, -0.1) is 0 Å². The van der Waals surface area contributed by atoms with Crippen molar-refractivity contribution in [3.8, 4) is 0 Å². The molecule has 0 spiro atoms. The first-order valence-corrected chi connectivity index (χ1v) is 9.89. The normalized spacial score (nSPS) is 28.7. The maximum atomic E-state index is 12.7. The SMILES string of the molecule is CC(=O)NC1C(OC(C)(C)CC(C)(C)C(=O)NC(C)(C)C)OC(CO)C(O)C1O. The van der Waals surface area contributed by atoms with Gasteiger partial charge in [0.15, 0.2) is 6.29 Å². The van der Waals surface area contributed by atoms with Crippen molar-refractivity contribution in [1.29, 1.82) is 0 Å². The molecule has 5 atom stereocenters. The number of rotatable bonds is 7. The number of nitrogens with one attached hydrogen (secondary N) is 2. The van der Waals surface area contributed by atoms with Crippen LogP contribution in [0.15, 0.2) is 0 Å². The molecule has 0 radical (unpaired) electrons. The van der Waals surface area contributed by atoms with E-state index in [1.54, 1.807) is 27.7 Å². The van der Waals surface area contributed by atoms with Crippen molar-refractivity contribution >= 4 is 11.8 Å². The zero-order valence-corrected chi connectivity index (χ0v) is 18.8.